The summed E-state index contributed by atoms with van der Waals surface area (Å²) in [5.41, 5.74) is 3.53. The standard InChI is InChI=1S/2C3H6N2O3S.Fe/c2*6-3(7)2(1-9)4-5-8;/h2*2,9H,1H2,(H,4,8)(H,6,7);/q;;+2/p-2/t2*2-;/m00./s1. The smallest absolute Gasteiger partial charge is 0.548 e. The van der Waals surface area contributed by atoms with Crippen molar-refractivity contribution < 1.29 is 36.9 Å². The van der Waals surface area contributed by atoms with Gasteiger partial charge >= 0.3 is 17.1 Å². The topological polar surface area (TPSA) is 163 Å². The maximum Gasteiger partial charge on any atom is 2.00 e. The Morgan fingerprint density at radius 3 is 1.26 bits per heavy atom. The van der Waals surface area contributed by atoms with E-state index in [9.17, 15) is 29.6 Å². The minimum Gasteiger partial charge on any atom is -0.548 e. The molecule has 0 fully saturated rings. The number of rotatable bonds is 8. The van der Waals surface area contributed by atoms with Gasteiger partial charge in [0, 0.05) is 11.5 Å². The molecule has 2 atom stereocenters. The van der Waals surface area contributed by atoms with Crippen LogP contribution in [0.5, 0.6) is 0 Å². The van der Waals surface area contributed by atoms with Crippen molar-refractivity contribution >= 4 is 37.2 Å². The van der Waals surface area contributed by atoms with Gasteiger partial charge in [0.2, 0.25) is 0 Å². The fourth-order valence-electron chi connectivity index (χ4n) is 0.463. The van der Waals surface area contributed by atoms with Crippen molar-refractivity contribution in [3.63, 3.8) is 0 Å². The van der Waals surface area contributed by atoms with Crippen molar-refractivity contribution in [2.75, 3.05) is 11.5 Å². The van der Waals surface area contributed by atoms with Gasteiger partial charge in [-0.3, -0.25) is 10.9 Å². The third kappa shape index (κ3) is 13.2. The number of nitroso groups, excluding NO2 is 2. The Kier molecular flexibility index (Phi) is 18.2. The summed E-state index contributed by atoms with van der Waals surface area (Å²) in [4.78, 5) is 38.6. The molecule has 2 N–H and O–H groups in total. The van der Waals surface area contributed by atoms with Gasteiger partial charge in [-0.25, -0.2) is 0 Å². The van der Waals surface area contributed by atoms with Crippen LogP contribution < -0.4 is 21.1 Å². The summed E-state index contributed by atoms with van der Waals surface area (Å²) < 4.78 is 0. The van der Waals surface area contributed by atoms with Crippen LogP contribution in [0.3, 0.4) is 0 Å². The first-order valence-corrected chi connectivity index (χ1v) is 5.50. The number of hydrogen-bond donors (Lipinski definition) is 4. The van der Waals surface area contributed by atoms with Crippen molar-refractivity contribution in [2.45, 2.75) is 12.1 Å². The minimum absolute atomic E-state index is 0. The molecule has 0 heterocycles. The second-order valence-electron chi connectivity index (χ2n) is 2.55. The zero-order valence-electron chi connectivity index (χ0n) is 9.16. The van der Waals surface area contributed by atoms with Crippen molar-refractivity contribution in [3.8, 4) is 0 Å². The van der Waals surface area contributed by atoms with E-state index >= 15 is 0 Å². The first kappa shape index (κ1) is 23.1. The van der Waals surface area contributed by atoms with Gasteiger partial charge in [0.15, 0.2) is 0 Å². The second-order valence-corrected chi connectivity index (χ2v) is 3.28. The number of aliphatic carboxylic acids is 2. The third-order valence-corrected chi connectivity index (χ3v) is 2.08. The number of nitrogens with one attached hydrogen (secondary N) is 2. The zero-order valence-corrected chi connectivity index (χ0v) is 12.1. The van der Waals surface area contributed by atoms with Crippen molar-refractivity contribution in [1.29, 1.82) is 0 Å². The summed E-state index contributed by atoms with van der Waals surface area (Å²) in [6, 6.07) is -2.18. The number of thiol groups is 2. The third-order valence-electron chi connectivity index (χ3n) is 1.35. The molecule has 0 aliphatic rings. The molecule has 0 aromatic carbocycles. The molecule has 0 saturated heterocycles. The fraction of sp³-hybridized carbons (Fsp3) is 0.667. The van der Waals surface area contributed by atoms with Crippen molar-refractivity contribution in [1.82, 2.24) is 10.9 Å². The van der Waals surface area contributed by atoms with E-state index in [-0.39, 0.29) is 28.6 Å². The quantitative estimate of drug-likeness (QED) is 0.152. The minimum atomic E-state index is -1.38. The van der Waals surface area contributed by atoms with Crippen LogP contribution in [0.2, 0.25) is 0 Å². The molecule has 19 heavy (non-hydrogen) atoms. The van der Waals surface area contributed by atoms with Crippen LogP contribution in [-0.4, -0.2) is 35.5 Å². The van der Waals surface area contributed by atoms with Crippen LogP contribution in [-0.2, 0) is 26.7 Å². The van der Waals surface area contributed by atoms with Gasteiger partial charge in [-0.1, -0.05) is 0 Å². The molecule has 0 aromatic rings. The molecule has 0 aromatic heterocycles. The average Bonchev–Trinajstić information content (AvgIpc) is 2.32. The SMILES string of the molecule is O=NN[C@@H](CS)C(=O)[O-].O=NN[C@@H](CS)C(=O)[O-].[Fe+2]. The molecule has 0 aliphatic carbocycles. The maximum atomic E-state index is 9.90. The number of carboxylic acids is 2. The average molecular weight is 354 g/mol. The van der Waals surface area contributed by atoms with Gasteiger partial charge < -0.3 is 19.8 Å². The predicted molar refractivity (Wildman–Crippen MR) is 63.2 cm³/mol. The van der Waals surface area contributed by atoms with Crippen LogP contribution in [0, 0.1) is 9.81 Å². The first-order chi connectivity index (χ1) is 8.44. The fourth-order valence-corrected chi connectivity index (χ4v) is 0.925. The van der Waals surface area contributed by atoms with E-state index in [0.29, 0.717) is 0 Å². The Labute approximate surface area is 129 Å². The van der Waals surface area contributed by atoms with Gasteiger partial charge in [0.1, 0.15) is 0 Å². The summed E-state index contributed by atoms with van der Waals surface area (Å²) in [5, 5.41) is 24.1. The summed E-state index contributed by atoms with van der Waals surface area (Å²) in [5.74, 6) is -2.81. The molecule has 13 heteroatoms. The molecule has 0 aliphatic heterocycles. The van der Waals surface area contributed by atoms with E-state index in [1.165, 1.54) is 0 Å². The van der Waals surface area contributed by atoms with Gasteiger partial charge in [-0.2, -0.15) is 25.3 Å². The Morgan fingerprint density at radius 2 is 1.21 bits per heavy atom. The van der Waals surface area contributed by atoms with Gasteiger partial charge in [-0.05, 0) is 0 Å². The summed E-state index contributed by atoms with van der Waals surface area (Å²) in [6.07, 6.45) is 0. The summed E-state index contributed by atoms with van der Waals surface area (Å²) >= 11 is 7.21. The number of carbonyl (C=O) groups excluding carboxylic acids is 2. The van der Waals surface area contributed by atoms with E-state index in [0.717, 1.165) is 0 Å². The van der Waals surface area contributed by atoms with Gasteiger partial charge in [0.05, 0.1) is 34.6 Å². The van der Waals surface area contributed by atoms with Crippen LogP contribution >= 0.6 is 25.3 Å². The van der Waals surface area contributed by atoms with Crippen LogP contribution in [0.4, 0.5) is 0 Å². The van der Waals surface area contributed by atoms with Crippen molar-refractivity contribution in [3.05, 3.63) is 9.81 Å². The summed E-state index contributed by atoms with van der Waals surface area (Å²) in [6.45, 7) is 0. The molecular formula is C6H10FeN4O6S2. The maximum absolute atomic E-state index is 9.90. The largest absolute Gasteiger partial charge is 2.00 e. The van der Waals surface area contributed by atoms with E-state index in [1.54, 1.807) is 10.9 Å². The van der Waals surface area contributed by atoms with E-state index < -0.39 is 24.0 Å². The first-order valence-electron chi connectivity index (χ1n) is 4.23. The molecule has 0 rings (SSSR count). The molecule has 0 radical (unpaired) electrons. The monoisotopic (exact) mass is 354 g/mol. The number of carboxylic acid groups (broad SMARTS) is 2. The Morgan fingerprint density at radius 1 is 0.947 bits per heavy atom. The second kappa shape index (κ2) is 15.0. The Hall–Kier alpha value is -1.04. The Balaban J connectivity index is -0.000000256. The predicted octanol–water partition coefficient (Wildman–Crippen LogP) is -3.39. The van der Waals surface area contributed by atoms with E-state index in [2.05, 4.69) is 35.8 Å². The van der Waals surface area contributed by atoms with Crippen LogP contribution in [0.15, 0.2) is 10.6 Å². The molecule has 10 nitrogen and oxygen atoms in total. The molecule has 0 bridgehead atoms. The number of hydrogen-bond acceptors (Lipinski definition) is 10. The molecule has 0 spiro atoms. The van der Waals surface area contributed by atoms with Crippen LogP contribution in [0.25, 0.3) is 0 Å². The van der Waals surface area contributed by atoms with E-state index in [4.69, 9.17) is 0 Å². The summed E-state index contributed by atoms with van der Waals surface area (Å²) in [7, 11) is 0. The molecule has 0 unspecified atom stereocenters. The Bertz CT molecular complexity index is 269. The normalized spacial score (nSPS) is 11.5. The molecule has 0 saturated carbocycles. The molecule has 110 valence electrons. The zero-order chi connectivity index (χ0) is 14.6. The van der Waals surface area contributed by atoms with Crippen LogP contribution in [0.1, 0.15) is 0 Å². The van der Waals surface area contributed by atoms with Crippen molar-refractivity contribution in [2.24, 2.45) is 10.6 Å². The van der Waals surface area contributed by atoms with Gasteiger partial charge in [-0.15, -0.1) is 9.81 Å². The molecular weight excluding hydrogens is 344 g/mol. The van der Waals surface area contributed by atoms with Gasteiger partial charge in [0.25, 0.3) is 0 Å². The number of carbonyl (C=O) groups is 2. The number of nitrogens with zero attached hydrogens (tertiary/aromatic N) is 2. The molecule has 0 amide bonds. The van der Waals surface area contributed by atoms with E-state index in [1.807, 2.05) is 0 Å².